The van der Waals surface area contributed by atoms with Crippen LogP contribution in [0.2, 0.25) is 0 Å². The summed E-state index contributed by atoms with van der Waals surface area (Å²) in [5.74, 6) is 0.171. The Bertz CT molecular complexity index is 441. The minimum Gasteiger partial charge on any atom is -0.493 e. The second kappa shape index (κ2) is 5.01. The first kappa shape index (κ1) is 11.8. The highest BCUT2D eigenvalue weighted by atomic mass is 16.6. The number of aldehydes is 2. The number of ether oxygens (including phenoxy) is 1. The molecule has 0 spiro atoms. The summed E-state index contributed by atoms with van der Waals surface area (Å²) in [5.41, 5.74) is -0.459. The highest BCUT2D eigenvalue weighted by Crippen LogP contribution is 2.26. The minimum absolute atomic E-state index is 0.0548. The van der Waals surface area contributed by atoms with Gasteiger partial charge in [-0.05, 0) is 13.0 Å². The third-order valence-corrected chi connectivity index (χ3v) is 1.91. The van der Waals surface area contributed by atoms with Gasteiger partial charge in [-0.1, -0.05) is 0 Å². The lowest BCUT2D eigenvalue weighted by Gasteiger charge is -2.06. The summed E-state index contributed by atoms with van der Waals surface area (Å²) in [4.78, 5) is 31.2. The molecule has 0 radical (unpaired) electrons. The Labute approximate surface area is 91.0 Å². The van der Waals surface area contributed by atoms with Gasteiger partial charge in [0.25, 0.3) is 5.69 Å². The van der Waals surface area contributed by atoms with Crippen LogP contribution in [0.1, 0.15) is 27.6 Å². The van der Waals surface area contributed by atoms with Crippen molar-refractivity contribution in [2.45, 2.75) is 6.92 Å². The zero-order valence-corrected chi connectivity index (χ0v) is 8.50. The van der Waals surface area contributed by atoms with Crippen molar-refractivity contribution in [1.29, 1.82) is 0 Å². The van der Waals surface area contributed by atoms with Crippen molar-refractivity contribution in [3.05, 3.63) is 33.4 Å². The first-order chi connectivity index (χ1) is 7.63. The highest BCUT2D eigenvalue weighted by Gasteiger charge is 2.18. The predicted molar refractivity (Wildman–Crippen MR) is 55.0 cm³/mol. The Morgan fingerprint density at radius 3 is 2.38 bits per heavy atom. The lowest BCUT2D eigenvalue weighted by molar-refractivity contribution is -0.385. The number of carbonyl (C=O) groups excluding carboxylic acids is 2. The molecule has 16 heavy (non-hydrogen) atoms. The van der Waals surface area contributed by atoms with Crippen LogP contribution in [0.15, 0.2) is 12.1 Å². The maximum Gasteiger partial charge on any atom is 0.280 e. The van der Waals surface area contributed by atoms with Gasteiger partial charge in [0.15, 0.2) is 12.6 Å². The summed E-state index contributed by atoms with van der Waals surface area (Å²) in [7, 11) is 0. The standard InChI is InChI=1S/C10H9NO5/c1-2-16-10-4-7(5-12)9(11(14)15)3-8(10)6-13/h3-6H,2H2,1H3. The number of nitro groups is 1. The molecular formula is C10H9NO5. The van der Waals surface area contributed by atoms with Crippen molar-refractivity contribution in [2.75, 3.05) is 6.61 Å². The molecule has 0 aliphatic heterocycles. The fourth-order valence-electron chi connectivity index (χ4n) is 1.23. The molecule has 0 atom stereocenters. The number of hydrogen-bond acceptors (Lipinski definition) is 5. The lowest BCUT2D eigenvalue weighted by Crippen LogP contribution is -2.01. The Hall–Kier alpha value is -2.24. The third-order valence-electron chi connectivity index (χ3n) is 1.91. The number of hydrogen-bond donors (Lipinski definition) is 0. The van der Waals surface area contributed by atoms with E-state index in [1.807, 2.05) is 0 Å². The summed E-state index contributed by atoms with van der Waals surface area (Å²) < 4.78 is 5.09. The van der Waals surface area contributed by atoms with E-state index >= 15 is 0 Å². The molecule has 0 saturated carbocycles. The van der Waals surface area contributed by atoms with Crippen LogP contribution in [-0.4, -0.2) is 24.1 Å². The van der Waals surface area contributed by atoms with E-state index in [2.05, 4.69) is 0 Å². The van der Waals surface area contributed by atoms with Crippen LogP contribution in [0.3, 0.4) is 0 Å². The molecule has 1 aromatic rings. The smallest absolute Gasteiger partial charge is 0.280 e. The molecule has 84 valence electrons. The van der Waals surface area contributed by atoms with Crippen LogP contribution in [-0.2, 0) is 0 Å². The van der Waals surface area contributed by atoms with Crippen molar-refractivity contribution < 1.29 is 19.2 Å². The topological polar surface area (TPSA) is 86.5 Å². The van der Waals surface area contributed by atoms with Crippen LogP contribution in [0, 0.1) is 10.1 Å². The quantitative estimate of drug-likeness (QED) is 0.430. The van der Waals surface area contributed by atoms with Gasteiger partial charge in [0, 0.05) is 6.07 Å². The number of carbonyl (C=O) groups is 2. The molecule has 0 aromatic heterocycles. The second-order valence-electron chi connectivity index (χ2n) is 2.87. The first-order valence-electron chi connectivity index (χ1n) is 4.49. The van der Waals surface area contributed by atoms with Crippen LogP contribution >= 0.6 is 0 Å². The van der Waals surface area contributed by atoms with Gasteiger partial charge >= 0.3 is 0 Å². The van der Waals surface area contributed by atoms with E-state index in [0.717, 1.165) is 6.07 Å². The molecule has 0 heterocycles. The molecule has 0 aliphatic rings. The van der Waals surface area contributed by atoms with Gasteiger partial charge in [0.05, 0.1) is 22.7 Å². The average Bonchev–Trinajstić information content (AvgIpc) is 2.28. The molecule has 0 amide bonds. The van der Waals surface area contributed by atoms with Crippen LogP contribution in [0.25, 0.3) is 0 Å². The van der Waals surface area contributed by atoms with E-state index < -0.39 is 10.6 Å². The summed E-state index contributed by atoms with van der Waals surface area (Å²) in [6.07, 6.45) is 0.807. The van der Waals surface area contributed by atoms with Crippen molar-refractivity contribution in [3.8, 4) is 5.75 Å². The fraction of sp³-hybridized carbons (Fsp3) is 0.200. The average molecular weight is 223 g/mol. The van der Waals surface area contributed by atoms with Gasteiger partial charge in [-0.3, -0.25) is 19.7 Å². The molecule has 0 unspecified atom stereocenters. The normalized spacial score (nSPS) is 9.56. The zero-order chi connectivity index (χ0) is 12.1. The lowest BCUT2D eigenvalue weighted by atomic mass is 10.1. The van der Waals surface area contributed by atoms with Crippen molar-refractivity contribution >= 4 is 18.3 Å². The SMILES string of the molecule is CCOc1cc(C=O)c([N+](=O)[O-])cc1C=O. The van der Waals surface area contributed by atoms with Gasteiger partial charge in [-0.2, -0.15) is 0 Å². The molecule has 0 saturated heterocycles. The van der Waals surface area contributed by atoms with Gasteiger partial charge in [0.2, 0.25) is 0 Å². The van der Waals surface area contributed by atoms with Gasteiger partial charge < -0.3 is 4.74 Å². The van der Waals surface area contributed by atoms with E-state index in [4.69, 9.17) is 4.74 Å². The monoisotopic (exact) mass is 223 g/mol. The Balaban J connectivity index is 3.39. The van der Waals surface area contributed by atoms with E-state index in [1.54, 1.807) is 6.92 Å². The summed E-state index contributed by atoms with van der Waals surface area (Å²) in [6.45, 7) is 2.01. The van der Waals surface area contributed by atoms with Gasteiger partial charge in [0.1, 0.15) is 5.75 Å². The molecule has 6 nitrogen and oxygen atoms in total. The van der Waals surface area contributed by atoms with Crippen molar-refractivity contribution in [2.24, 2.45) is 0 Å². The molecular weight excluding hydrogens is 214 g/mol. The number of rotatable bonds is 5. The van der Waals surface area contributed by atoms with Gasteiger partial charge in [-0.25, -0.2) is 0 Å². The summed E-state index contributed by atoms with van der Waals surface area (Å²) in [6, 6.07) is 2.22. The van der Waals surface area contributed by atoms with Crippen LogP contribution in [0.4, 0.5) is 5.69 Å². The molecule has 6 heteroatoms. The van der Waals surface area contributed by atoms with E-state index in [0.29, 0.717) is 19.2 Å². The van der Waals surface area contributed by atoms with Crippen LogP contribution in [0.5, 0.6) is 5.75 Å². The Morgan fingerprint density at radius 1 is 1.31 bits per heavy atom. The van der Waals surface area contributed by atoms with Gasteiger partial charge in [-0.15, -0.1) is 0 Å². The maximum atomic E-state index is 10.7. The molecule has 0 aliphatic carbocycles. The van der Waals surface area contributed by atoms with Crippen molar-refractivity contribution in [3.63, 3.8) is 0 Å². The fourth-order valence-corrected chi connectivity index (χ4v) is 1.23. The molecule has 0 fully saturated rings. The van der Waals surface area contributed by atoms with Crippen molar-refractivity contribution in [1.82, 2.24) is 0 Å². The highest BCUT2D eigenvalue weighted by molar-refractivity contribution is 5.88. The van der Waals surface area contributed by atoms with Crippen LogP contribution < -0.4 is 4.74 Å². The Kier molecular flexibility index (Phi) is 3.71. The largest absolute Gasteiger partial charge is 0.493 e. The second-order valence-corrected chi connectivity index (χ2v) is 2.87. The molecule has 1 aromatic carbocycles. The molecule has 1 rings (SSSR count). The Morgan fingerprint density at radius 2 is 1.94 bits per heavy atom. The summed E-state index contributed by atoms with van der Waals surface area (Å²) >= 11 is 0. The number of benzene rings is 1. The zero-order valence-electron chi connectivity index (χ0n) is 8.50. The van der Waals surface area contributed by atoms with E-state index in [1.165, 1.54) is 6.07 Å². The first-order valence-corrected chi connectivity index (χ1v) is 4.49. The summed E-state index contributed by atoms with van der Waals surface area (Å²) in [5, 5.41) is 10.6. The number of nitrogens with zero attached hydrogens (tertiary/aromatic N) is 1. The maximum absolute atomic E-state index is 10.7. The predicted octanol–water partition coefficient (Wildman–Crippen LogP) is 1.62. The third kappa shape index (κ3) is 2.22. The van der Waals surface area contributed by atoms with E-state index in [9.17, 15) is 19.7 Å². The van der Waals surface area contributed by atoms with E-state index in [-0.39, 0.29) is 16.9 Å². The molecule has 0 N–H and O–H groups in total. The molecule has 0 bridgehead atoms. The minimum atomic E-state index is -0.716. The number of nitro benzene ring substituents is 1.